The van der Waals surface area contributed by atoms with E-state index in [2.05, 4.69) is 17.4 Å². The van der Waals surface area contributed by atoms with Gasteiger partial charge in [0, 0.05) is 12.4 Å². The summed E-state index contributed by atoms with van der Waals surface area (Å²) < 4.78 is 7.67. The number of carbonyl (C=O) groups excluding carboxylic acids is 1. The quantitative estimate of drug-likeness (QED) is 0.620. The lowest BCUT2D eigenvalue weighted by Gasteiger charge is -2.03. The molecule has 0 radical (unpaired) electrons. The highest BCUT2D eigenvalue weighted by atomic mass is 16.4. The van der Waals surface area contributed by atoms with E-state index >= 15 is 0 Å². The first-order valence-electron chi connectivity index (χ1n) is 8.08. The number of fused-ring (bicyclic) bond motifs is 1. The van der Waals surface area contributed by atoms with E-state index in [-0.39, 0.29) is 11.7 Å². The molecule has 0 saturated heterocycles. The summed E-state index contributed by atoms with van der Waals surface area (Å²) in [5, 5.41) is 8.30. The molecule has 1 amide bonds. The molecule has 0 atom stereocenters. The molecule has 4 aromatic rings. The summed E-state index contributed by atoms with van der Waals surface area (Å²) in [7, 11) is 1.58. The molecule has 5 nitrogen and oxygen atoms in total. The fourth-order valence-electron chi connectivity index (χ4n) is 2.90. The van der Waals surface area contributed by atoms with Crippen LogP contribution in [0.15, 0.2) is 71.1 Å². The maximum atomic E-state index is 11.7. The van der Waals surface area contributed by atoms with Gasteiger partial charge in [0.2, 0.25) is 0 Å². The third kappa shape index (κ3) is 2.80. The van der Waals surface area contributed by atoms with Gasteiger partial charge in [0.05, 0.1) is 12.1 Å². The van der Waals surface area contributed by atoms with Crippen molar-refractivity contribution in [3.8, 4) is 11.5 Å². The van der Waals surface area contributed by atoms with Crippen LogP contribution in [0.2, 0.25) is 0 Å². The van der Waals surface area contributed by atoms with Crippen LogP contribution in [-0.2, 0) is 6.54 Å². The second kappa shape index (κ2) is 6.28. The van der Waals surface area contributed by atoms with E-state index in [1.54, 1.807) is 19.2 Å². The molecular formula is C20H17N3O2. The molecule has 2 heterocycles. The molecule has 0 unspecified atom stereocenters. The lowest BCUT2D eigenvalue weighted by molar-refractivity contribution is 0.0936. The Labute approximate surface area is 144 Å². The minimum absolute atomic E-state index is 0.251. The Morgan fingerprint density at radius 2 is 1.80 bits per heavy atom. The number of hydrogen-bond donors (Lipinski definition) is 1. The van der Waals surface area contributed by atoms with Crippen molar-refractivity contribution in [2.45, 2.75) is 6.54 Å². The molecule has 0 spiro atoms. The molecule has 4 rings (SSSR count). The molecule has 0 saturated carbocycles. The summed E-state index contributed by atoms with van der Waals surface area (Å²) in [5.74, 6) is 0.611. The van der Waals surface area contributed by atoms with E-state index in [0.717, 1.165) is 16.6 Å². The zero-order chi connectivity index (χ0) is 17.2. The number of rotatable bonds is 4. The van der Waals surface area contributed by atoms with Crippen molar-refractivity contribution in [2.24, 2.45) is 0 Å². The molecule has 5 heteroatoms. The highest BCUT2D eigenvalue weighted by Crippen LogP contribution is 2.29. The first-order valence-corrected chi connectivity index (χ1v) is 8.08. The number of benzene rings is 2. The zero-order valence-corrected chi connectivity index (χ0v) is 13.8. The monoisotopic (exact) mass is 331 g/mol. The fraction of sp³-hybridized carbons (Fsp3) is 0.100. The summed E-state index contributed by atoms with van der Waals surface area (Å²) in [6.07, 6.45) is 0. The van der Waals surface area contributed by atoms with Crippen molar-refractivity contribution >= 4 is 16.8 Å². The molecule has 0 bridgehead atoms. The molecule has 0 aliphatic carbocycles. The number of aromatic nitrogens is 2. The Balaban J connectivity index is 1.80. The van der Waals surface area contributed by atoms with Crippen LogP contribution >= 0.6 is 0 Å². The van der Waals surface area contributed by atoms with Crippen molar-refractivity contribution in [1.29, 1.82) is 0 Å². The molecule has 1 N–H and O–H groups in total. The van der Waals surface area contributed by atoms with Crippen molar-refractivity contribution in [2.75, 3.05) is 7.05 Å². The van der Waals surface area contributed by atoms with E-state index < -0.39 is 0 Å². The van der Waals surface area contributed by atoms with E-state index in [9.17, 15) is 4.79 Å². The normalized spacial score (nSPS) is 10.9. The first kappa shape index (κ1) is 15.2. The average molecular weight is 331 g/mol. The molecule has 25 heavy (non-hydrogen) atoms. The standard InChI is InChI=1S/C20H17N3O2/c1-21-20(24)18-12-11-17(25-18)19-15-9-5-6-10-16(15)23(22-19)13-14-7-3-2-4-8-14/h2-12H,13H2,1H3,(H,21,24). The van der Waals surface area contributed by atoms with Gasteiger partial charge in [0.25, 0.3) is 5.91 Å². The number of nitrogens with one attached hydrogen (secondary N) is 1. The second-order valence-corrected chi connectivity index (χ2v) is 5.75. The fourth-order valence-corrected chi connectivity index (χ4v) is 2.90. The zero-order valence-electron chi connectivity index (χ0n) is 13.8. The van der Waals surface area contributed by atoms with E-state index in [1.165, 1.54) is 5.56 Å². The van der Waals surface area contributed by atoms with Gasteiger partial charge in [0.15, 0.2) is 11.5 Å². The predicted octanol–water partition coefficient (Wildman–Crippen LogP) is 3.70. The van der Waals surface area contributed by atoms with Crippen LogP contribution in [0, 0.1) is 0 Å². The van der Waals surface area contributed by atoms with Crippen LogP contribution in [-0.4, -0.2) is 22.7 Å². The van der Waals surface area contributed by atoms with Crippen LogP contribution in [0.4, 0.5) is 0 Å². The molecule has 2 aromatic carbocycles. The van der Waals surface area contributed by atoms with E-state index in [0.29, 0.717) is 12.3 Å². The summed E-state index contributed by atoms with van der Waals surface area (Å²) in [6, 6.07) is 21.7. The summed E-state index contributed by atoms with van der Waals surface area (Å²) >= 11 is 0. The number of para-hydroxylation sites is 1. The number of hydrogen-bond acceptors (Lipinski definition) is 3. The lowest BCUT2D eigenvalue weighted by atomic mass is 10.2. The SMILES string of the molecule is CNC(=O)c1ccc(-c2nn(Cc3ccccc3)c3ccccc23)o1. The van der Waals surface area contributed by atoms with Crippen LogP contribution < -0.4 is 5.32 Å². The Morgan fingerprint density at radius 1 is 1.04 bits per heavy atom. The first-order chi connectivity index (χ1) is 12.3. The van der Waals surface area contributed by atoms with Gasteiger partial charge < -0.3 is 9.73 Å². The summed E-state index contributed by atoms with van der Waals surface area (Å²) in [5.41, 5.74) is 2.94. The average Bonchev–Trinajstić information content (AvgIpc) is 3.27. The molecule has 124 valence electrons. The third-order valence-electron chi connectivity index (χ3n) is 4.12. The smallest absolute Gasteiger partial charge is 0.286 e. The second-order valence-electron chi connectivity index (χ2n) is 5.75. The summed E-state index contributed by atoms with van der Waals surface area (Å²) in [4.78, 5) is 11.7. The van der Waals surface area contributed by atoms with Gasteiger partial charge in [-0.1, -0.05) is 48.5 Å². The van der Waals surface area contributed by atoms with Crippen LogP contribution in [0.5, 0.6) is 0 Å². The van der Waals surface area contributed by atoms with Gasteiger partial charge in [-0.25, -0.2) is 0 Å². The van der Waals surface area contributed by atoms with Gasteiger partial charge in [0.1, 0.15) is 5.69 Å². The summed E-state index contributed by atoms with van der Waals surface area (Å²) in [6.45, 7) is 0.671. The number of amides is 1. The van der Waals surface area contributed by atoms with Crippen LogP contribution in [0.25, 0.3) is 22.4 Å². The third-order valence-corrected chi connectivity index (χ3v) is 4.12. The number of furan rings is 1. The van der Waals surface area contributed by atoms with E-state index in [1.807, 2.05) is 47.1 Å². The molecule has 2 aromatic heterocycles. The van der Waals surface area contributed by atoms with Gasteiger partial charge in [-0.15, -0.1) is 0 Å². The Morgan fingerprint density at radius 3 is 2.60 bits per heavy atom. The van der Waals surface area contributed by atoms with E-state index in [4.69, 9.17) is 9.52 Å². The molecule has 0 aliphatic rings. The molecular weight excluding hydrogens is 314 g/mol. The topological polar surface area (TPSA) is 60.1 Å². The number of nitrogens with zero attached hydrogens (tertiary/aromatic N) is 2. The number of carbonyl (C=O) groups is 1. The van der Waals surface area contributed by atoms with Gasteiger partial charge in [-0.05, 0) is 23.8 Å². The lowest BCUT2D eigenvalue weighted by Crippen LogP contribution is -2.16. The maximum Gasteiger partial charge on any atom is 0.286 e. The van der Waals surface area contributed by atoms with Crippen molar-refractivity contribution < 1.29 is 9.21 Å². The largest absolute Gasteiger partial charge is 0.449 e. The highest BCUT2D eigenvalue weighted by molar-refractivity contribution is 5.94. The van der Waals surface area contributed by atoms with Crippen LogP contribution in [0.3, 0.4) is 0 Å². The Bertz CT molecular complexity index is 1030. The van der Waals surface area contributed by atoms with Crippen molar-refractivity contribution in [3.05, 3.63) is 78.1 Å². The molecule has 0 aliphatic heterocycles. The Kier molecular flexibility index (Phi) is 3.82. The maximum absolute atomic E-state index is 11.7. The van der Waals surface area contributed by atoms with Crippen LogP contribution in [0.1, 0.15) is 16.1 Å². The predicted molar refractivity (Wildman–Crippen MR) is 96.4 cm³/mol. The van der Waals surface area contributed by atoms with Crippen molar-refractivity contribution in [1.82, 2.24) is 15.1 Å². The minimum Gasteiger partial charge on any atom is -0.449 e. The van der Waals surface area contributed by atoms with Gasteiger partial charge >= 0.3 is 0 Å². The van der Waals surface area contributed by atoms with Gasteiger partial charge in [-0.2, -0.15) is 5.10 Å². The van der Waals surface area contributed by atoms with Gasteiger partial charge in [-0.3, -0.25) is 9.48 Å². The molecule has 0 fully saturated rings. The minimum atomic E-state index is -0.251. The van der Waals surface area contributed by atoms with Crippen molar-refractivity contribution in [3.63, 3.8) is 0 Å². The Hall–Kier alpha value is -3.34. The highest BCUT2D eigenvalue weighted by Gasteiger charge is 2.17.